The molecule has 17 heavy (non-hydrogen) atoms. The van der Waals surface area contributed by atoms with Crippen molar-refractivity contribution in [3.05, 3.63) is 53.0 Å². The zero-order valence-corrected chi connectivity index (χ0v) is 10.8. The number of aliphatic hydroxyl groups excluding tert-OH is 1. The highest BCUT2D eigenvalue weighted by Crippen LogP contribution is 2.30. The first-order valence-corrected chi connectivity index (χ1v) is 5.69. The van der Waals surface area contributed by atoms with Crippen LogP contribution in [0.1, 0.15) is 11.7 Å². The first-order valence-electron chi connectivity index (χ1n) is 4.90. The lowest BCUT2D eigenvalue weighted by Crippen LogP contribution is -2.00. The summed E-state index contributed by atoms with van der Waals surface area (Å²) in [5.41, 5.74) is 0.700. The molecule has 0 spiro atoms. The van der Waals surface area contributed by atoms with Gasteiger partial charge in [0.1, 0.15) is 18.5 Å². The molecule has 0 heterocycles. The second kappa shape index (κ2) is 6.24. The van der Waals surface area contributed by atoms with E-state index >= 15 is 0 Å². The zero-order chi connectivity index (χ0) is 12.8. The Kier molecular flexibility index (Phi) is 4.95. The number of benzene rings is 1. The molecule has 1 atom stereocenters. The number of rotatable bonds is 5. The van der Waals surface area contributed by atoms with Gasteiger partial charge in [-0.15, -0.1) is 0 Å². The summed E-state index contributed by atoms with van der Waals surface area (Å²) in [6.45, 7) is 7.45. The molecule has 0 aromatic heterocycles. The molecule has 0 aliphatic rings. The van der Waals surface area contributed by atoms with E-state index in [2.05, 4.69) is 29.1 Å². The number of ether oxygens (including phenoxy) is 1. The van der Waals surface area contributed by atoms with E-state index in [0.717, 1.165) is 0 Å². The Bertz CT molecular complexity index is 477. The Morgan fingerprint density at radius 1 is 1.65 bits per heavy atom. The molecule has 1 N–H and O–H groups in total. The van der Waals surface area contributed by atoms with Gasteiger partial charge in [-0.2, -0.15) is 5.26 Å². The summed E-state index contributed by atoms with van der Waals surface area (Å²) >= 11 is 3.33. The molecule has 0 aliphatic carbocycles. The molecule has 1 rings (SSSR count). The van der Waals surface area contributed by atoms with Crippen molar-refractivity contribution in [3.8, 4) is 11.8 Å². The maximum absolute atomic E-state index is 9.78. The van der Waals surface area contributed by atoms with E-state index in [1.807, 2.05) is 6.07 Å². The van der Waals surface area contributed by atoms with Crippen molar-refractivity contribution in [2.45, 2.75) is 6.10 Å². The summed E-state index contributed by atoms with van der Waals surface area (Å²) in [6.07, 6.45) is 0.664. The van der Waals surface area contributed by atoms with E-state index < -0.39 is 6.10 Å². The summed E-state index contributed by atoms with van der Waals surface area (Å²) in [7, 11) is 0. The van der Waals surface area contributed by atoms with Crippen LogP contribution in [-0.4, -0.2) is 11.7 Å². The second-order valence-corrected chi connectivity index (χ2v) is 4.18. The lowest BCUT2D eigenvalue weighted by Gasteiger charge is -2.11. The van der Waals surface area contributed by atoms with Crippen molar-refractivity contribution < 1.29 is 9.84 Å². The molecule has 0 bridgehead atoms. The van der Waals surface area contributed by atoms with Crippen molar-refractivity contribution in [3.63, 3.8) is 0 Å². The smallest absolute Gasteiger partial charge is 0.133 e. The molecule has 0 fully saturated rings. The van der Waals surface area contributed by atoms with Crippen LogP contribution in [0.2, 0.25) is 0 Å². The van der Waals surface area contributed by atoms with Gasteiger partial charge in [0.15, 0.2) is 0 Å². The summed E-state index contributed by atoms with van der Waals surface area (Å²) in [4.78, 5) is 0. The summed E-state index contributed by atoms with van der Waals surface area (Å²) in [6, 6.07) is 6.94. The van der Waals surface area contributed by atoms with Crippen molar-refractivity contribution >= 4 is 15.9 Å². The van der Waals surface area contributed by atoms with Gasteiger partial charge < -0.3 is 9.84 Å². The molecule has 0 aliphatic heterocycles. The molecule has 4 heteroatoms. The second-order valence-electron chi connectivity index (χ2n) is 3.33. The van der Waals surface area contributed by atoms with Gasteiger partial charge in [-0.25, -0.2) is 0 Å². The fourth-order valence-electron chi connectivity index (χ4n) is 1.22. The van der Waals surface area contributed by atoms with Crippen molar-refractivity contribution in [1.82, 2.24) is 0 Å². The summed E-state index contributed by atoms with van der Waals surface area (Å²) < 4.78 is 6.08. The van der Waals surface area contributed by atoms with E-state index in [1.165, 1.54) is 0 Å². The van der Waals surface area contributed by atoms with E-state index in [1.54, 1.807) is 24.3 Å². The quantitative estimate of drug-likeness (QED) is 0.670. The van der Waals surface area contributed by atoms with Gasteiger partial charge in [-0.3, -0.25) is 0 Å². The van der Waals surface area contributed by atoms with Crippen LogP contribution in [0.15, 0.2) is 47.5 Å². The molecule has 1 aromatic rings. The number of hydrogen-bond acceptors (Lipinski definition) is 3. The Morgan fingerprint density at radius 2 is 2.35 bits per heavy atom. The summed E-state index contributed by atoms with van der Waals surface area (Å²) in [5.74, 6) is 0.656. The fourth-order valence-corrected chi connectivity index (χ4v) is 1.73. The lowest BCUT2D eigenvalue weighted by atomic mass is 10.0. The van der Waals surface area contributed by atoms with E-state index in [9.17, 15) is 5.11 Å². The van der Waals surface area contributed by atoms with E-state index in [0.29, 0.717) is 22.4 Å². The first-order chi connectivity index (χ1) is 8.10. The fraction of sp³-hybridized carbons (Fsp3) is 0.154. The van der Waals surface area contributed by atoms with Gasteiger partial charge in [0.2, 0.25) is 0 Å². The van der Waals surface area contributed by atoms with Crippen molar-refractivity contribution in [1.29, 1.82) is 5.26 Å². The van der Waals surface area contributed by atoms with Crippen LogP contribution in [0.4, 0.5) is 0 Å². The van der Waals surface area contributed by atoms with Gasteiger partial charge in [0.05, 0.1) is 16.1 Å². The number of hydrogen-bond donors (Lipinski definition) is 1. The average molecular weight is 294 g/mol. The highest BCUT2D eigenvalue weighted by atomic mass is 79.9. The lowest BCUT2D eigenvalue weighted by molar-refractivity contribution is 0.221. The predicted octanol–water partition coefficient (Wildman–Crippen LogP) is 3.13. The van der Waals surface area contributed by atoms with Crippen LogP contribution < -0.4 is 4.74 Å². The number of halogens is 1. The molecule has 1 unspecified atom stereocenters. The predicted molar refractivity (Wildman–Crippen MR) is 69.5 cm³/mol. The number of aliphatic hydroxyl groups is 1. The van der Waals surface area contributed by atoms with Gasteiger partial charge >= 0.3 is 0 Å². The van der Waals surface area contributed by atoms with E-state index in [-0.39, 0.29) is 5.57 Å². The molecule has 0 radical (unpaired) electrons. The number of nitrogens with zero attached hydrogens (tertiary/aromatic N) is 1. The monoisotopic (exact) mass is 293 g/mol. The van der Waals surface area contributed by atoms with Crippen molar-refractivity contribution in [2.75, 3.05) is 6.61 Å². The van der Waals surface area contributed by atoms with Gasteiger partial charge in [0.25, 0.3) is 0 Å². The third-order valence-electron chi connectivity index (χ3n) is 2.10. The Labute approximate surface area is 109 Å². The van der Waals surface area contributed by atoms with Gasteiger partial charge in [-0.1, -0.05) is 25.3 Å². The highest BCUT2D eigenvalue weighted by Gasteiger charge is 2.13. The average Bonchev–Trinajstić information content (AvgIpc) is 2.35. The molecule has 0 amide bonds. The normalized spacial score (nSPS) is 11.4. The maximum atomic E-state index is 9.78. The van der Waals surface area contributed by atoms with Crippen LogP contribution in [-0.2, 0) is 0 Å². The highest BCUT2D eigenvalue weighted by molar-refractivity contribution is 9.10. The zero-order valence-electron chi connectivity index (χ0n) is 9.19. The minimum absolute atomic E-state index is 0.108. The minimum Gasteiger partial charge on any atom is -0.488 e. The first kappa shape index (κ1) is 13.5. The van der Waals surface area contributed by atoms with Crippen LogP contribution in [0.5, 0.6) is 5.75 Å². The summed E-state index contributed by atoms with van der Waals surface area (Å²) in [5, 5.41) is 18.4. The number of nitriles is 1. The molecule has 0 saturated heterocycles. The largest absolute Gasteiger partial charge is 0.488 e. The molecule has 1 aromatic carbocycles. The molecular formula is C13H12BrNO2. The third-order valence-corrected chi connectivity index (χ3v) is 2.72. The van der Waals surface area contributed by atoms with Crippen LogP contribution in [0.3, 0.4) is 0 Å². The van der Waals surface area contributed by atoms with E-state index in [4.69, 9.17) is 10.00 Å². The minimum atomic E-state index is -0.982. The molecule has 88 valence electrons. The standard InChI is InChI=1S/C13H12BrNO2/c1-3-6-17-12-5-4-10(7-11(12)14)13(16)9(2)8-15/h3-5,7,13,16H,1-2,6H2. The Balaban J connectivity index is 2.92. The van der Waals surface area contributed by atoms with Gasteiger partial charge in [0, 0.05) is 0 Å². The maximum Gasteiger partial charge on any atom is 0.133 e. The van der Waals surface area contributed by atoms with Crippen LogP contribution in [0.25, 0.3) is 0 Å². The van der Waals surface area contributed by atoms with Crippen LogP contribution >= 0.6 is 15.9 Å². The molecule has 0 saturated carbocycles. The Morgan fingerprint density at radius 3 is 2.88 bits per heavy atom. The van der Waals surface area contributed by atoms with Gasteiger partial charge in [-0.05, 0) is 33.6 Å². The SMILES string of the molecule is C=CCOc1ccc(C(O)C(=C)C#N)cc1Br. The Hall–Kier alpha value is -1.57. The third kappa shape index (κ3) is 3.45. The van der Waals surface area contributed by atoms with Crippen LogP contribution in [0, 0.1) is 11.3 Å². The van der Waals surface area contributed by atoms with Crippen molar-refractivity contribution in [2.24, 2.45) is 0 Å². The molecular weight excluding hydrogens is 282 g/mol. The topological polar surface area (TPSA) is 53.2 Å². The molecule has 3 nitrogen and oxygen atoms in total.